The number of benzene rings is 1. The maximum absolute atomic E-state index is 12.9. The van der Waals surface area contributed by atoms with Crippen molar-refractivity contribution < 1.29 is 4.79 Å². The second kappa shape index (κ2) is 8.87. The summed E-state index contributed by atoms with van der Waals surface area (Å²) in [5.41, 5.74) is 4.26. The molecule has 1 atom stereocenters. The lowest BCUT2D eigenvalue weighted by atomic mass is 9.89. The van der Waals surface area contributed by atoms with Gasteiger partial charge in [-0.1, -0.05) is 6.92 Å². The first-order valence-electron chi connectivity index (χ1n) is 11.9. The molecule has 5 rings (SSSR count). The maximum Gasteiger partial charge on any atom is 0.365 e. The molecule has 3 aromatic heterocycles. The summed E-state index contributed by atoms with van der Waals surface area (Å²) >= 11 is 1.70. The molecule has 1 aliphatic rings. The van der Waals surface area contributed by atoms with Gasteiger partial charge in [0.15, 0.2) is 5.65 Å². The van der Waals surface area contributed by atoms with Crippen molar-refractivity contribution >= 4 is 44.5 Å². The Morgan fingerprint density at radius 3 is 2.82 bits per heavy atom. The smallest absolute Gasteiger partial charge is 0.365 e. The zero-order valence-corrected chi connectivity index (χ0v) is 20.9. The molecule has 0 unspecified atom stereocenters. The largest absolute Gasteiger partial charge is 0.372 e. The van der Waals surface area contributed by atoms with Gasteiger partial charge in [0.05, 0.1) is 5.39 Å². The molecule has 178 valence electrons. The van der Waals surface area contributed by atoms with E-state index in [1.165, 1.54) is 15.1 Å². The van der Waals surface area contributed by atoms with Gasteiger partial charge < -0.3 is 10.2 Å². The number of anilines is 2. The third kappa shape index (κ3) is 3.87. The van der Waals surface area contributed by atoms with Gasteiger partial charge in [-0.15, -0.1) is 11.3 Å². The van der Waals surface area contributed by atoms with Gasteiger partial charge in [-0.25, -0.2) is 19.0 Å². The number of aromatic nitrogens is 4. The summed E-state index contributed by atoms with van der Waals surface area (Å²) in [4.78, 5) is 39.1. The van der Waals surface area contributed by atoms with E-state index >= 15 is 0 Å². The Hall–Kier alpha value is -3.20. The van der Waals surface area contributed by atoms with E-state index in [2.05, 4.69) is 47.0 Å². The van der Waals surface area contributed by atoms with Crippen molar-refractivity contribution in [3.8, 4) is 0 Å². The van der Waals surface area contributed by atoms with E-state index in [0.717, 1.165) is 59.5 Å². The van der Waals surface area contributed by atoms with Crippen molar-refractivity contribution in [2.24, 2.45) is 5.92 Å². The Kier molecular flexibility index (Phi) is 5.89. The zero-order valence-electron chi connectivity index (χ0n) is 20.1. The summed E-state index contributed by atoms with van der Waals surface area (Å²) in [5.74, 6) is 0.383. The van der Waals surface area contributed by atoms with Crippen LogP contribution in [0.15, 0.2) is 29.3 Å². The Morgan fingerprint density at radius 2 is 2.09 bits per heavy atom. The van der Waals surface area contributed by atoms with E-state index in [1.54, 1.807) is 22.2 Å². The molecule has 9 heteroatoms. The lowest BCUT2D eigenvalue weighted by Crippen LogP contribution is -2.29. The second-order valence-corrected chi connectivity index (χ2v) is 10.2. The summed E-state index contributed by atoms with van der Waals surface area (Å²) in [6.45, 7) is 10.2. The van der Waals surface area contributed by atoms with Crippen LogP contribution < -0.4 is 15.9 Å². The van der Waals surface area contributed by atoms with E-state index < -0.39 is 5.69 Å². The molecule has 1 aromatic carbocycles. The monoisotopic (exact) mass is 478 g/mol. The molecule has 0 saturated heterocycles. The van der Waals surface area contributed by atoms with Crippen molar-refractivity contribution in [3.05, 3.63) is 51.0 Å². The standard InChI is InChI=1S/C25H30N6O2S/c1-5-29(6-2)17-8-10-19(16(4)12-17)27-21(32)13-30-25(33)28-23-22-18-9-7-15(3)11-20(18)34-24(22)26-14-31(23)30/h8,10,12,14-15H,5-7,9,11,13H2,1-4H3,(H,27,32)/t15-/m0/s1. The number of aryl methyl sites for hydroxylation is 2. The summed E-state index contributed by atoms with van der Waals surface area (Å²) in [5, 5.41) is 3.92. The minimum absolute atomic E-state index is 0.131. The number of nitrogens with one attached hydrogen (secondary N) is 1. The molecule has 0 bridgehead atoms. The number of nitrogens with zero attached hydrogens (tertiary/aromatic N) is 5. The van der Waals surface area contributed by atoms with Gasteiger partial charge in [-0.05, 0) is 75.3 Å². The molecule has 34 heavy (non-hydrogen) atoms. The maximum atomic E-state index is 12.9. The van der Waals surface area contributed by atoms with Crippen LogP contribution in [0, 0.1) is 12.8 Å². The van der Waals surface area contributed by atoms with Crippen molar-refractivity contribution in [1.82, 2.24) is 19.2 Å². The Morgan fingerprint density at radius 1 is 1.29 bits per heavy atom. The average molecular weight is 479 g/mol. The zero-order chi connectivity index (χ0) is 24.0. The predicted molar refractivity (Wildman–Crippen MR) is 137 cm³/mol. The van der Waals surface area contributed by atoms with E-state index in [1.807, 2.05) is 19.1 Å². The first kappa shape index (κ1) is 22.6. The summed E-state index contributed by atoms with van der Waals surface area (Å²) in [7, 11) is 0. The fourth-order valence-corrected chi connectivity index (χ4v) is 6.25. The highest BCUT2D eigenvalue weighted by molar-refractivity contribution is 7.19. The Bertz CT molecular complexity index is 1450. The van der Waals surface area contributed by atoms with Gasteiger partial charge in [-0.3, -0.25) is 4.79 Å². The highest BCUT2D eigenvalue weighted by atomic mass is 32.1. The van der Waals surface area contributed by atoms with Crippen LogP contribution in [0.25, 0.3) is 15.9 Å². The van der Waals surface area contributed by atoms with Crippen LogP contribution in [-0.2, 0) is 24.2 Å². The van der Waals surface area contributed by atoms with Crippen LogP contribution in [0.1, 0.15) is 43.2 Å². The first-order valence-corrected chi connectivity index (χ1v) is 12.7. The highest BCUT2D eigenvalue weighted by Gasteiger charge is 2.24. The average Bonchev–Trinajstić information content (AvgIpc) is 3.33. The van der Waals surface area contributed by atoms with Crippen LogP contribution in [0.2, 0.25) is 0 Å². The fraction of sp³-hybridized carbons (Fsp3) is 0.440. The van der Waals surface area contributed by atoms with Gasteiger partial charge in [0.25, 0.3) is 0 Å². The van der Waals surface area contributed by atoms with E-state index in [9.17, 15) is 9.59 Å². The van der Waals surface area contributed by atoms with Crippen molar-refractivity contribution in [2.45, 2.75) is 53.5 Å². The van der Waals surface area contributed by atoms with Crippen molar-refractivity contribution in [2.75, 3.05) is 23.3 Å². The number of rotatable bonds is 6. The highest BCUT2D eigenvalue weighted by Crippen LogP contribution is 2.38. The number of carbonyl (C=O) groups excluding carboxylic acids is 1. The lowest BCUT2D eigenvalue weighted by molar-refractivity contribution is -0.117. The van der Waals surface area contributed by atoms with E-state index in [4.69, 9.17) is 0 Å². The minimum Gasteiger partial charge on any atom is -0.372 e. The van der Waals surface area contributed by atoms with Crippen LogP contribution in [0.4, 0.5) is 11.4 Å². The molecule has 0 spiro atoms. The molecular formula is C25H30N6O2S. The molecule has 4 aromatic rings. The van der Waals surface area contributed by atoms with Crippen molar-refractivity contribution in [3.63, 3.8) is 0 Å². The number of amides is 1. The van der Waals surface area contributed by atoms with Crippen LogP contribution in [0.5, 0.6) is 0 Å². The lowest BCUT2D eigenvalue weighted by Gasteiger charge is -2.22. The molecule has 0 aliphatic heterocycles. The van der Waals surface area contributed by atoms with Gasteiger partial charge in [0.1, 0.15) is 17.7 Å². The molecule has 1 aliphatic carbocycles. The Labute approximate surface area is 202 Å². The normalized spacial score (nSPS) is 15.6. The summed E-state index contributed by atoms with van der Waals surface area (Å²) < 4.78 is 2.98. The molecule has 3 heterocycles. The van der Waals surface area contributed by atoms with Gasteiger partial charge in [0, 0.05) is 29.3 Å². The topological polar surface area (TPSA) is 84.5 Å². The van der Waals surface area contributed by atoms with E-state index in [0.29, 0.717) is 11.6 Å². The molecule has 0 fully saturated rings. The summed E-state index contributed by atoms with van der Waals surface area (Å²) in [6.07, 6.45) is 4.75. The van der Waals surface area contributed by atoms with Gasteiger partial charge in [0.2, 0.25) is 5.91 Å². The van der Waals surface area contributed by atoms with Crippen molar-refractivity contribution in [1.29, 1.82) is 0 Å². The summed E-state index contributed by atoms with van der Waals surface area (Å²) in [6, 6.07) is 6.00. The number of carbonyl (C=O) groups is 1. The molecule has 8 nitrogen and oxygen atoms in total. The SMILES string of the molecule is CCN(CC)c1ccc(NC(=O)Cn2c(=O)nc3c4c5c(sc4ncn32)C[C@@H](C)CC5)c(C)c1. The molecular weight excluding hydrogens is 448 g/mol. The molecule has 1 amide bonds. The molecule has 1 N–H and O–H groups in total. The van der Waals surface area contributed by atoms with Crippen LogP contribution in [-0.4, -0.2) is 38.2 Å². The van der Waals surface area contributed by atoms with Crippen LogP contribution >= 0.6 is 11.3 Å². The predicted octanol–water partition coefficient (Wildman–Crippen LogP) is 4.02. The quantitative estimate of drug-likeness (QED) is 0.452. The van der Waals surface area contributed by atoms with Gasteiger partial charge >= 0.3 is 5.69 Å². The third-order valence-corrected chi connectivity index (χ3v) is 7.97. The van der Waals surface area contributed by atoms with Crippen LogP contribution in [0.3, 0.4) is 0 Å². The third-order valence-electron chi connectivity index (χ3n) is 6.81. The molecule has 0 radical (unpaired) electrons. The molecule has 0 saturated carbocycles. The van der Waals surface area contributed by atoms with E-state index in [-0.39, 0.29) is 12.5 Å². The minimum atomic E-state index is -0.442. The number of hydrogen-bond donors (Lipinski definition) is 1. The number of hydrogen-bond acceptors (Lipinski definition) is 6. The number of thiophene rings is 1. The second-order valence-electron chi connectivity index (χ2n) is 9.12. The Balaban J connectivity index is 1.43. The number of fused-ring (bicyclic) bond motifs is 5. The first-order chi connectivity index (χ1) is 16.4. The fourth-order valence-electron chi connectivity index (χ4n) is 4.90. The van der Waals surface area contributed by atoms with Gasteiger partial charge in [-0.2, -0.15) is 4.98 Å².